The van der Waals surface area contributed by atoms with E-state index in [1.54, 1.807) is 0 Å². The highest BCUT2D eigenvalue weighted by Crippen LogP contribution is 2.44. The molecule has 2 aromatic rings. The van der Waals surface area contributed by atoms with E-state index >= 15 is 0 Å². The lowest BCUT2D eigenvalue weighted by Gasteiger charge is -2.31. The van der Waals surface area contributed by atoms with Gasteiger partial charge >= 0.3 is 0 Å². The number of ketones is 2. The van der Waals surface area contributed by atoms with E-state index in [-0.39, 0.29) is 37.4 Å². The maximum atomic E-state index is 13.2. The summed E-state index contributed by atoms with van der Waals surface area (Å²) < 4.78 is 25.4. The summed E-state index contributed by atoms with van der Waals surface area (Å²) in [5.74, 6) is 0.376. The topological polar surface area (TPSA) is 112 Å². The van der Waals surface area contributed by atoms with Crippen molar-refractivity contribution in [2.24, 2.45) is 0 Å². The molecular weight excluding hydrogens is 720 g/mol. The zero-order valence-electron chi connectivity index (χ0n) is 26.4. The van der Waals surface area contributed by atoms with Gasteiger partial charge in [0.2, 0.25) is 0 Å². The maximum Gasteiger partial charge on any atom is 0.157 e. The molecule has 0 radical (unpaired) electrons. The lowest BCUT2D eigenvalue weighted by molar-refractivity contribution is -0.171. The predicted molar refractivity (Wildman–Crippen MR) is 181 cm³/mol. The molecule has 2 N–H and O–H groups in total. The lowest BCUT2D eigenvalue weighted by Crippen LogP contribution is -2.37. The number of aliphatic hydroxyl groups is 2. The molecule has 2 atom stereocenters. The SMILES string of the molecule is O=C1Cc2cc(Br)ccc2C1(CCO)CCO.O=C1Cc2cc(Br)ccc2C1(CCOC1CCCCO1)CCOC1CCCCO1. The number of aliphatic hydroxyl groups excluding tert-OH is 2. The highest BCUT2D eigenvalue weighted by Gasteiger charge is 2.46. The van der Waals surface area contributed by atoms with Crippen LogP contribution in [0.4, 0.5) is 0 Å². The molecule has 0 saturated carbocycles. The van der Waals surface area contributed by atoms with Gasteiger partial charge in [-0.15, -0.1) is 0 Å². The molecular formula is C36H46Br2O8. The second-order valence-electron chi connectivity index (χ2n) is 12.7. The minimum atomic E-state index is -0.681. The fourth-order valence-electron chi connectivity index (χ4n) is 7.48. The van der Waals surface area contributed by atoms with Crippen LogP contribution in [-0.4, -0.2) is 74.0 Å². The summed E-state index contributed by atoms with van der Waals surface area (Å²) in [6, 6.07) is 12.0. The number of benzene rings is 2. The lowest BCUT2D eigenvalue weighted by atomic mass is 9.75. The first-order valence-electron chi connectivity index (χ1n) is 16.6. The molecule has 2 aliphatic heterocycles. The van der Waals surface area contributed by atoms with Crippen LogP contribution in [-0.2, 0) is 52.2 Å². The first-order valence-corrected chi connectivity index (χ1v) is 18.2. The summed E-state index contributed by atoms with van der Waals surface area (Å²) in [5.41, 5.74) is 3.00. The van der Waals surface area contributed by atoms with Gasteiger partial charge in [0, 0.05) is 48.2 Å². The fourth-order valence-corrected chi connectivity index (χ4v) is 8.30. The van der Waals surface area contributed by atoms with Crippen LogP contribution in [0, 0.1) is 0 Å². The second-order valence-corrected chi connectivity index (χ2v) is 14.6. The van der Waals surface area contributed by atoms with Crippen LogP contribution in [0.2, 0.25) is 0 Å². The zero-order valence-corrected chi connectivity index (χ0v) is 29.6. The Labute approximate surface area is 288 Å². The minimum Gasteiger partial charge on any atom is -0.396 e. The molecule has 6 rings (SSSR count). The number of ether oxygens (including phenoxy) is 4. The van der Waals surface area contributed by atoms with Crippen LogP contribution in [0.1, 0.15) is 86.5 Å². The standard InChI is InChI=1S/C23H31BrO5.C13H15BrO3/c24-18-7-8-19-17(15-18)16-20(25)23(19,9-13-28-21-5-1-3-11-26-21)10-14-29-22-6-2-4-12-27-22;14-10-1-2-11-9(7-10)8-12(17)13(11,3-5-15)4-6-16/h7-8,15,21-22H,1-6,9-14,16H2;1-2,7,15-16H,3-6,8H2. The van der Waals surface area contributed by atoms with E-state index in [0.717, 1.165) is 82.9 Å². The number of fused-ring (bicyclic) bond motifs is 2. The number of carbonyl (C=O) groups excluding carboxylic acids is 2. The van der Waals surface area contributed by atoms with Gasteiger partial charge in [-0.25, -0.2) is 0 Å². The van der Waals surface area contributed by atoms with Gasteiger partial charge in [0.25, 0.3) is 0 Å². The van der Waals surface area contributed by atoms with Crippen molar-refractivity contribution in [2.45, 2.75) is 100 Å². The molecule has 46 heavy (non-hydrogen) atoms. The van der Waals surface area contributed by atoms with Crippen molar-refractivity contribution in [1.82, 2.24) is 0 Å². The Bertz CT molecular complexity index is 1310. The monoisotopic (exact) mass is 764 g/mol. The first-order chi connectivity index (χ1) is 22.3. The van der Waals surface area contributed by atoms with Gasteiger partial charge < -0.3 is 29.2 Å². The fraction of sp³-hybridized carbons (Fsp3) is 0.611. The molecule has 2 fully saturated rings. The van der Waals surface area contributed by atoms with Crippen LogP contribution in [0.25, 0.3) is 0 Å². The predicted octanol–water partition coefficient (Wildman–Crippen LogP) is 6.26. The normalized spacial score (nSPS) is 25.1. The Morgan fingerprint density at radius 2 is 1.11 bits per heavy atom. The number of hydrogen-bond acceptors (Lipinski definition) is 8. The molecule has 4 aliphatic rings. The molecule has 0 bridgehead atoms. The van der Waals surface area contributed by atoms with Gasteiger partial charge in [0.05, 0.1) is 24.0 Å². The number of carbonyl (C=O) groups is 2. The van der Waals surface area contributed by atoms with Crippen molar-refractivity contribution in [3.05, 3.63) is 67.6 Å². The van der Waals surface area contributed by atoms with Gasteiger partial charge in [-0.1, -0.05) is 44.0 Å². The summed E-state index contributed by atoms with van der Waals surface area (Å²) in [7, 11) is 0. The third-order valence-corrected chi connectivity index (χ3v) is 10.9. The van der Waals surface area contributed by atoms with E-state index in [2.05, 4.69) is 44.0 Å². The van der Waals surface area contributed by atoms with Crippen molar-refractivity contribution in [3.63, 3.8) is 0 Å². The molecule has 0 spiro atoms. The van der Waals surface area contributed by atoms with Gasteiger partial charge in [-0.05, 0) is 111 Å². The molecule has 2 heterocycles. The molecule has 0 amide bonds. The molecule has 0 aromatic heterocycles. The van der Waals surface area contributed by atoms with Crippen molar-refractivity contribution in [3.8, 4) is 0 Å². The van der Waals surface area contributed by atoms with Gasteiger partial charge in [0.15, 0.2) is 12.6 Å². The summed E-state index contributed by atoms with van der Waals surface area (Å²) in [4.78, 5) is 25.4. The van der Waals surface area contributed by atoms with E-state index in [4.69, 9.17) is 18.9 Å². The first kappa shape index (κ1) is 35.8. The largest absolute Gasteiger partial charge is 0.396 e. The Kier molecular flexibility index (Phi) is 13.0. The van der Waals surface area contributed by atoms with E-state index in [9.17, 15) is 19.8 Å². The number of hydrogen-bond donors (Lipinski definition) is 2. The van der Waals surface area contributed by atoms with Crippen molar-refractivity contribution in [1.29, 1.82) is 0 Å². The average molecular weight is 767 g/mol. The molecule has 252 valence electrons. The van der Waals surface area contributed by atoms with Crippen LogP contribution >= 0.6 is 31.9 Å². The molecule has 2 unspecified atom stereocenters. The Morgan fingerprint density at radius 1 is 0.674 bits per heavy atom. The molecule has 8 nitrogen and oxygen atoms in total. The quantitative estimate of drug-likeness (QED) is 0.261. The number of halogens is 2. The van der Waals surface area contributed by atoms with E-state index in [0.29, 0.717) is 51.7 Å². The van der Waals surface area contributed by atoms with Gasteiger partial charge in [0.1, 0.15) is 11.6 Å². The van der Waals surface area contributed by atoms with E-state index < -0.39 is 10.8 Å². The van der Waals surface area contributed by atoms with E-state index in [1.807, 2.05) is 24.3 Å². The van der Waals surface area contributed by atoms with Crippen molar-refractivity contribution in [2.75, 3.05) is 39.6 Å². The highest BCUT2D eigenvalue weighted by atomic mass is 79.9. The van der Waals surface area contributed by atoms with E-state index in [1.165, 1.54) is 0 Å². The molecule has 10 heteroatoms. The molecule has 2 aromatic carbocycles. The highest BCUT2D eigenvalue weighted by molar-refractivity contribution is 9.10. The summed E-state index contributed by atoms with van der Waals surface area (Å²) >= 11 is 6.93. The Balaban J connectivity index is 0.000000209. The second kappa shape index (κ2) is 16.7. The average Bonchev–Trinajstić information content (AvgIpc) is 3.47. The smallest absolute Gasteiger partial charge is 0.157 e. The molecule has 2 saturated heterocycles. The number of Topliss-reactive ketones (excluding diaryl/α,β-unsaturated/α-hetero) is 2. The molecule has 2 aliphatic carbocycles. The van der Waals surface area contributed by atoms with Crippen LogP contribution < -0.4 is 0 Å². The third kappa shape index (κ3) is 8.20. The zero-order chi connectivity index (χ0) is 32.6. The van der Waals surface area contributed by atoms with Crippen LogP contribution in [0.3, 0.4) is 0 Å². The Morgan fingerprint density at radius 3 is 1.50 bits per heavy atom. The van der Waals surface area contributed by atoms with Gasteiger partial charge in [-0.3, -0.25) is 9.59 Å². The van der Waals surface area contributed by atoms with Crippen molar-refractivity contribution >= 4 is 43.4 Å². The third-order valence-electron chi connectivity index (χ3n) is 9.95. The number of rotatable bonds is 12. The van der Waals surface area contributed by atoms with Crippen molar-refractivity contribution < 1.29 is 38.7 Å². The summed E-state index contributed by atoms with van der Waals surface area (Å²) in [6.45, 7) is 2.49. The Hall–Kier alpha value is -1.50. The summed E-state index contributed by atoms with van der Waals surface area (Å²) in [5, 5.41) is 18.3. The van der Waals surface area contributed by atoms with Crippen LogP contribution in [0.15, 0.2) is 45.3 Å². The summed E-state index contributed by atoms with van der Waals surface area (Å²) in [6.07, 6.45) is 9.08. The maximum absolute atomic E-state index is 13.2. The van der Waals surface area contributed by atoms with Gasteiger partial charge in [-0.2, -0.15) is 0 Å². The van der Waals surface area contributed by atoms with Crippen LogP contribution in [0.5, 0.6) is 0 Å². The minimum absolute atomic E-state index is 0.0404.